The van der Waals surface area contributed by atoms with E-state index in [-0.39, 0.29) is 0 Å². The fourth-order valence-electron chi connectivity index (χ4n) is 1.99. The van der Waals surface area contributed by atoms with E-state index >= 15 is 0 Å². The third kappa shape index (κ3) is 3.66. The van der Waals surface area contributed by atoms with Crippen LogP contribution in [0.15, 0.2) is 6.20 Å². The van der Waals surface area contributed by atoms with E-state index in [0.717, 1.165) is 24.2 Å². The monoisotopic (exact) mass is 262 g/mol. The smallest absolute Gasteiger partial charge is 0.225 e. The first-order valence-electron chi connectivity index (χ1n) is 7.27. The van der Waals surface area contributed by atoms with Crippen molar-refractivity contribution in [2.75, 3.05) is 11.9 Å². The molecular weight excluding hydrogens is 236 g/mol. The molecule has 0 radical (unpaired) electrons. The van der Waals surface area contributed by atoms with E-state index < -0.39 is 0 Å². The predicted octanol–water partition coefficient (Wildman–Crippen LogP) is 2.52. The third-order valence-electron chi connectivity index (χ3n) is 4.12. The summed E-state index contributed by atoms with van der Waals surface area (Å²) >= 11 is 0. The fraction of sp³-hybridized carbons (Fsp3) is 0.733. The molecule has 1 N–H and O–H groups in total. The van der Waals surface area contributed by atoms with Crippen LogP contribution in [0, 0.1) is 12.8 Å². The van der Waals surface area contributed by atoms with Crippen molar-refractivity contribution in [3.05, 3.63) is 17.5 Å². The molecule has 1 unspecified atom stereocenters. The maximum atomic E-state index is 4.65. The van der Waals surface area contributed by atoms with Crippen molar-refractivity contribution in [1.29, 1.82) is 0 Å². The first kappa shape index (κ1) is 14.3. The van der Waals surface area contributed by atoms with Gasteiger partial charge >= 0.3 is 0 Å². The van der Waals surface area contributed by atoms with Gasteiger partial charge in [0.2, 0.25) is 5.95 Å². The molecular formula is C15H26N4. The SMILES string of the molecule is Cc1nc(N(C)C(C)C(C)C)ncc1CNC1CC1. The second-order valence-corrected chi connectivity index (χ2v) is 6.03. The number of hydrogen-bond donors (Lipinski definition) is 1. The van der Waals surface area contributed by atoms with Gasteiger partial charge in [-0.25, -0.2) is 9.97 Å². The summed E-state index contributed by atoms with van der Waals surface area (Å²) in [4.78, 5) is 11.3. The molecule has 1 heterocycles. The van der Waals surface area contributed by atoms with Crippen LogP contribution in [-0.2, 0) is 6.54 Å². The Balaban J connectivity index is 2.04. The van der Waals surface area contributed by atoms with Crippen molar-refractivity contribution in [3.8, 4) is 0 Å². The van der Waals surface area contributed by atoms with Crippen LogP contribution in [-0.4, -0.2) is 29.1 Å². The molecule has 1 atom stereocenters. The zero-order valence-corrected chi connectivity index (χ0v) is 12.8. The topological polar surface area (TPSA) is 41.1 Å². The molecule has 0 saturated heterocycles. The molecule has 4 heteroatoms. The summed E-state index contributed by atoms with van der Waals surface area (Å²) in [6.07, 6.45) is 4.59. The van der Waals surface area contributed by atoms with Crippen molar-refractivity contribution < 1.29 is 0 Å². The minimum absolute atomic E-state index is 0.440. The summed E-state index contributed by atoms with van der Waals surface area (Å²) in [5, 5.41) is 3.51. The van der Waals surface area contributed by atoms with Crippen molar-refractivity contribution in [3.63, 3.8) is 0 Å². The van der Waals surface area contributed by atoms with E-state index in [1.54, 1.807) is 0 Å². The number of nitrogens with zero attached hydrogens (tertiary/aromatic N) is 3. The average Bonchev–Trinajstić information content (AvgIpc) is 3.19. The van der Waals surface area contributed by atoms with Gasteiger partial charge in [0.05, 0.1) is 0 Å². The highest BCUT2D eigenvalue weighted by atomic mass is 15.2. The van der Waals surface area contributed by atoms with Crippen LogP contribution in [0.1, 0.15) is 44.9 Å². The Morgan fingerprint density at radius 3 is 2.58 bits per heavy atom. The molecule has 1 aromatic rings. The summed E-state index contributed by atoms with van der Waals surface area (Å²) in [7, 11) is 2.07. The third-order valence-corrected chi connectivity index (χ3v) is 4.12. The van der Waals surface area contributed by atoms with Gasteiger partial charge in [0.15, 0.2) is 0 Å². The maximum Gasteiger partial charge on any atom is 0.225 e. The van der Waals surface area contributed by atoms with Gasteiger partial charge in [-0.2, -0.15) is 0 Å². The van der Waals surface area contributed by atoms with Crippen molar-refractivity contribution in [1.82, 2.24) is 15.3 Å². The molecule has 0 aliphatic heterocycles. The molecule has 1 saturated carbocycles. The molecule has 0 bridgehead atoms. The molecule has 19 heavy (non-hydrogen) atoms. The van der Waals surface area contributed by atoms with Crippen LogP contribution in [0.2, 0.25) is 0 Å². The van der Waals surface area contributed by atoms with Gasteiger partial charge in [-0.1, -0.05) is 13.8 Å². The predicted molar refractivity (Wildman–Crippen MR) is 79.3 cm³/mol. The Bertz CT molecular complexity index is 426. The van der Waals surface area contributed by atoms with E-state index in [2.05, 4.69) is 54.9 Å². The summed E-state index contributed by atoms with van der Waals surface area (Å²) in [5.41, 5.74) is 2.29. The minimum atomic E-state index is 0.440. The molecule has 1 fully saturated rings. The Morgan fingerprint density at radius 1 is 1.37 bits per heavy atom. The highest BCUT2D eigenvalue weighted by Gasteiger charge is 2.21. The largest absolute Gasteiger partial charge is 0.341 e. The molecule has 4 nitrogen and oxygen atoms in total. The summed E-state index contributed by atoms with van der Waals surface area (Å²) < 4.78 is 0. The van der Waals surface area contributed by atoms with Crippen LogP contribution >= 0.6 is 0 Å². The number of rotatable bonds is 6. The lowest BCUT2D eigenvalue weighted by Gasteiger charge is -2.28. The van der Waals surface area contributed by atoms with E-state index in [1.807, 2.05) is 6.20 Å². The van der Waals surface area contributed by atoms with Crippen LogP contribution < -0.4 is 10.2 Å². The molecule has 1 aliphatic carbocycles. The van der Waals surface area contributed by atoms with Gasteiger partial charge in [0.1, 0.15) is 0 Å². The van der Waals surface area contributed by atoms with Gasteiger partial charge in [-0.15, -0.1) is 0 Å². The minimum Gasteiger partial charge on any atom is -0.341 e. The standard InChI is InChI=1S/C15H26N4/c1-10(2)12(4)19(5)15-17-9-13(11(3)18-15)8-16-14-6-7-14/h9-10,12,14,16H,6-8H2,1-5H3. The number of aryl methyl sites for hydroxylation is 1. The Morgan fingerprint density at radius 2 is 2.05 bits per heavy atom. The number of anilines is 1. The van der Waals surface area contributed by atoms with E-state index in [0.29, 0.717) is 12.0 Å². The van der Waals surface area contributed by atoms with Gasteiger partial charge in [-0.3, -0.25) is 0 Å². The van der Waals surface area contributed by atoms with Crippen LogP contribution in [0.3, 0.4) is 0 Å². The fourth-order valence-corrected chi connectivity index (χ4v) is 1.99. The first-order chi connectivity index (χ1) is 8.99. The second kappa shape index (κ2) is 5.87. The second-order valence-electron chi connectivity index (χ2n) is 6.03. The number of aromatic nitrogens is 2. The van der Waals surface area contributed by atoms with Crippen molar-refractivity contribution in [2.45, 2.75) is 59.2 Å². The van der Waals surface area contributed by atoms with Crippen molar-refractivity contribution >= 4 is 5.95 Å². The molecule has 1 aliphatic rings. The Kier molecular flexibility index (Phi) is 4.40. The van der Waals surface area contributed by atoms with E-state index in [1.165, 1.54) is 18.4 Å². The molecule has 2 rings (SSSR count). The normalized spacial score (nSPS) is 16.7. The lowest BCUT2D eigenvalue weighted by Crippen LogP contribution is -2.34. The Labute approximate surface area is 116 Å². The molecule has 1 aromatic heterocycles. The van der Waals surface area contributed by atoms with E-state index in [9.17, 15) is 0 Å². The zero-order chi connectivity index (χ0) is 14.0. The number of nitrogens with one attached hydrogen (secondary N) is 1. The zero-order valence-electron chi connectivity index (χ0n) is 12.8. The highest BCUT2D eigenvalue weighted by molar-refractivity contribution is 5.33. The molecule has 106 valence electrons. The van der Waals surface area contributed by atoms with Crippen LogP contribution in [0.5, 0.6) is 0 Å². The quantitative estimate of drug-likeness (QED) is 0.855. The summed E-state index contributed by atoms with van der Waals surface area (Å²) in [5.74, 6) is 1.42. The van der Waals surface area contributed by atoms with Crippen molar-refractivity contribution in [2.24, 2.45) is 5.92 Å². The molecule has 0 amide bonds. The molecule has 0 spiro atoms. The summed E-state index contributed by atoms with van der Waals surface area (Å²) in [6.45, 7) is 9.62. The van der Waals surface area contributed by atoms with Gasteiger partial charge in [-0.05, 0) is 32.6 Å². The van der Waals surface area contributed by atoms with Crippen LogP contribution in [0.25, 0.3) is 0 Å². The number of hydrogen-bond acceptors (Lipinski definition) is 4. The van der Waals surface area contributed by atoms with Crippen LogP contribution in [0.4, 0.5) is 5.95 Å². The highest BCUT2D eigenvalue weighted by Crippen LogP contribution is 2.20. The lowest BCUT2D eigenvalue weighted by molar-refractivity contribution is 0.498. The first-order valence-corrected chi connectivity index (χ1v) is 7.27. The lowest BCUT2D eigenvalue weighted by atomic mass is 10.1. The van der Waals surface area contributed by atoms with E-state index in [4.69, 9.17) is 0 Å². The summed E-state index contributed by atoms with van der Waals surface area (Å²) in [6, 6.07) is 1.16. The average molecular weight is 262 g/mol. The van der Waals surface area contributed by atoms with Gasteiger partial charge < -0.3 is 10.2 Å². The maximum absolute atomic E-state index is 4.65. The molecule has 0 aromatic carbocycles. The Hall–Kier alpha value is -1.16. The van der Waals surface area contributed by atoms with Gasteiger partial charge in [0, 0.05) is 43.1 Å². The van der Waals surface area contributed by atoms with Gasteiger partial charge in [0.25, 0.3) is 0 Å².